The van der Waals surface area contributed by atoms with Crippen molar-refractivity contribution in [3.05, 3.63) is 75.1 Å². The monoisotopic (exact) mass is 361 g/mol. The minimum atomic E-state index is 0.733. The molecule has 1 aromatic carbocycles. The highest BCUT2D eigenvalue weighted by molar-refractivity contribution is 7.16. The normalized spacial score (nSPS) is 12.5. The Balaban J connectivity index is 1.89. The van der Waals surface area contributed by atoms with E-state index in [4.69, 9.17) is 4.99 Å². The van der Waals surface area contributed by atoms with E-state index in [1.54, 1.807) is 17.5 Å². The number of thiophene rings is 1. The molecule has 0 radical (unpaired) electrons. The molecule has 0 saturated carbocycles. The molecule has 0 spiro atoms. The molecule has 132 valence electrons. The van der Waals surface area contributed by atoms with Crippen LogP contribution in [0.15, 0.2) is 58.6 Å². The zero-order valence-electron chi connectivity index (χ0n) is 15.9. The van der Waals surface area contributed by atoms with E-state index in [0.717, 1.165) is 32.7 Å². The second kappa shape index (κ2) is 7.75. The summed E-state index contributed by atoms with van der Waals surface area (Å²) in [6.45, 7) is 10.4. The van der Waals surface area contributed by atoms with E-state index in [9.17, 15) is 0 Å². The van der Waals surface area contributed by atoms with Crippen molar-refractivity contribution in [3.63, 3.8) is 0 Å². The predicted octanol–water partition coefficient (Wildman–Crippen LogP) is 6.35. The summed E-state index contributed by atoms with van der Waals surface area (Å²) in [5.74, 6) is 0.733. The van der Waals surface area contributed by atoms with Crippen LogP contribution in [0, 0.1) is 20.8 Å². The summed E-state index contributed by atoms with van der Waals surface area (Å²) in [6.07, 6.45) is 1.76. The van der Waals surface area contributed by atoms with Crippen LogP contribution in [0.5, 0.6) is 0 Å². The van der Waals surface area contributed by atoms with E-state index in [2.05, 4.69) is 61.9 Å². The summed E-state index contributed by atoms with van der Waals surface area (Å²) >= 11 is 1.71. The number of pyridine rings is 1. The van der Waals surface area contributed by atoms with E-state index >= 15 is 0 Å². The maximum Gasteiger partial charge on any atom is 0.152 e. The first-order valence-electron chi connectivity index (χ1n) is 8.64. The van der Waals surface area contributed by atoms with Crippen LogP contribution in [0.3, 0.4) is 0 Å². The Bertz CT molecular complexity index is 959. The summed E-state index contributed by atoms with van der Waals surface area (Å²) in [5, 5.41) is 0. The van der Waals surface area contributed by atoms with Crippen LogP contribution in [0.25, 0.3) is 0 Å². The Kier molecular flexibility index (Phi) is 5.43. The fourth-order valence-electron chi connectivity index (χ4n) is 2.95. The highest BCUT2D eigenvalue weighted by Gasteiger charge is 2.08. The molecule has 4 heteroatoms. The molecule has 0 amide bonds. The van der Waals surface area contributed by atoms with Gasteiger partial charge >= 0.3 is 0 Å². The Labute approximate surface area is 159 Å². The number of hydrogen-bond acceptors (Lipinski definition) is 4. The van der Waals surface area contributed by atoms with Gasteiger partial charge < -0.3 is 0 Å². The number of hydrogen-bond donors (Lipinski definition) is 0. The lowest BCUT2D eigenvalue weighted by Crippen LogP contribution is -1.92. The average molecular weight is 362 g/mol. The lowest BCUT2D eigenvalue weighted by atomic mass is 10.1. The molecule has 0 atom stereocenters. The zero-order valence-corrected chi connectivity index (χ0v) is 16.7. The third kappa shape index (κ3) is 4.14. The molecule has 0 fully saturated rings. The number of nitrogens with zero attached hydrogens (tertiary/aromatic N) is 3. The van der Waals surface area contributed by atoms with Crippen LogP contribution in [-0.2, 0) is 0 Å². The maximum absolute atomic E-state index is 4.90. The largest absolute Gasteiger partial charge is 0.252 e. The van der Waals surface area contributed by atoms with Gasteiger partial charge in [0.15, 0.2) is 5.82 Å². The third-order valence-corrected chi connectivity index (χ3v) is 5.47. The van der Waals surface area contributed by atoms with Crippen LogP contribution >= 0.6 is 11.3 Å². The minimum absolute atomic E-state index is 0.733. The van der Waals surface area contributed by atoms with Crippen LogP contribution < -0.4 is 0 Å². The quantitative estimate of drug-likeness (QED) is 0.499. The van der Waals surface area contributed by atoms with Crippen LogP contribution in [-0.4, -0.2) is 16.4 Å². The molecular weight excluding hydrogens is 338 g/mol. The molecule has 0 bridgehead atoms. The molecule has 0 N–H and O–H groups in total. The maximum atomic E-state index is 4.90. The molecule has 0 aliphatic carbocycles. The van der Waals surface area contributed by atoms with Gasteiger partial charge in [-0.25, -0.2) is 9.98 Å². The SMILES string of the molecule is CC(=Nc1c(C)cc(C)cc1C)c1ccc(/C(C)=N/c2ccccn2)s1. The van der Waals surface area contributed by atoms with Gasteiger partial charge in [-0.3, -0.25) is 4.99 Å². The first-order chi connectivity index (χ1) is 12.4. The van der Waals surface area contributed by atoms with Gasteiger partial charge in [0.1, 0.15) is 0 Å². The smallest absolute Gasteiger partial charge is 0.152 e. The number of aromatic nitrogens is 1. The lowest BCUT2D eigenvalue weighted by Gasteiger charge is -2.08. The second-order valence-corrected chi connectivity index (χ2v) is 7.58. The molecule has 2 heterocycles. The number of rotatable bonds is 4. The summed E-state index contributed by atoms with van der Waals surface area (Å²) in [4.78, 5) is 16.1. The average Bonchev–Trinajstić information content (AvgIpc) is 3.09. The number of benzene rings is 1. The Morgan fingerprint density at radius 3 is 2.04 bits per heavy atom. The van der Waals surface area contributed by atoms with Gasteiger partial charge in [-0.1, -0.05) is 23.8 Å². The molecular formula is C22H23N3S. The van der Waals surface area contributed by atoms with Gasteiger partial charge in [0.05, 0.1) is 17.1 Å². The third-order valence-electron chi connectivity index (χ3n) is 4.17. The summed E-state index contributed by atoms with van der Waals surface area (Å²) < 4.78 is 0. The topological polar surface area (TPSA) is 37.6 Å². The van der Waals surface area contributed by atoms with Crippen molar-refractivity contribution in [2.45, 2.75) is 34.6 Å². The van der Waals surface area contributed by atoms with Crippen LogP contribution in [0.1, 0.15) is 40.3 Å². The first kappa shape index (κ1) is 18.2. The van der Waals surface area contributed by atoms with Gasteiger partial charge in [-0.05, 0) is 70.0 Å². The summed E-state index contributed by atoms with van der Waals surface area (Å²) in [6, 6.07) is 14.3. The van der Waals surface area contributed by atoms with E-state index in [0.29, 0.717) is 0 Å². The van der Waals surface area contributed by atoms with Gasteiger partial charge in [-0.2, -0.15) is 0 Å². The Morgan fingerprint density at radius 2 is 1.46 bits per heavy atom. The molecule has 26 heavy (non-hydrogen) atoms. The zero-order chi connectivity index (χ0) is 18.7. The van der Waals surface area contributed by atoms with Crippen molar-refractivity contribution in [3.8, 4) is 0 Å². The van der Waals surface area contributed by atoms with Gasteiger partial charge in [0.25, 0.3) is 0 Å². The molecule has 2 aromatic heterocycles. The van der Waals surface area contributed by atoms with Gasteiger partial charge in [-0.15, -0.1) is 11.3 Å². The Hall–Kier alpha value is -2.59. The first-order valence-corrected chi connectivity index (χ1v) is 9.46. The van der Waals surface area contributed by atoms with Crippen LogP contribution in [0.2, 0.25) is 0 Å². The fourth-order valence-corrected chi connectivity index (χ4v) is 3.84. The standard InChI is InChI=1S/C22H23N3S/c1-14-12-15(2)22(16(3)13-14)25-18(5)20-10-9-19(26-20)17(4)24-21-8-6-7-11-23-21/h6-13H,1-5H3/b24-17+,25-18?. The number of aryl methyl sites for hydroxylation is 3. The summed E-state index contributed by atoms with van der Waals surface area (Å²) in [5.41, 5.74) is 6.77. The second-order valence-electron chi connectivity index (χ2n) is 6.49. The molecule has 3 rings (SSSR count). The summed E-state index contributed by atoms with van der Waals surface area (Å²) in [7, 11) is 0. The van der Waals surface area contributed by atoms with E-state index in [-0.39, 0.29) is 0 Å². The van der Waals surface area contributed by atoms with Crippen molar-refractivity contribution >= 4 is 34.3 Å². The van der Waals surface area contributed by atoms with Crippen LogP contribution in [0.4, 0.5) is 11.5 Å². The highest BCUT2D eigenvalue weighted by atomic mass is 32.1. The predicted molar refractivity (Wildman–Crippen MR) is 113 cm³/mol. The molecule has 0 unspecified atom stereocenters. The molecule has 0 aliphatic heterocycles. The van der Waals surface area contributed by atoms with Gasteiger partial charge in [0.2, 0.25) is 0 Å². The number of aliphatic imine (C=N–C) groups is 2. The van der Waals surface area contributed by atoms with E-state index < -0.39 is 0 Å². The van der Waals surface area contributed by atoms with Crippen molar-refractivity contribution in [2.75, 3.05) is 0 Å². The van der Waals surface area contributed by atoms with E-state index in [1.165, 1.54) is 16.7 Å². The van der Waals surface area contributed by atoms with Crippen molar-refractivity contribution in [1.29, 1.82) is 0 Å². The minimum Gasteiger partial charge on any atom is -0.252 e. The molecule has 3 aromatic rings. The van der Waals surface area contributed by atoms with Crippen molar-refractivity contribution in [1.82, 2.24) is 4.98 Å². The lowest BCUT2D eigenvalue weighted by molar-refractivity contribution is 1.27. The Morgan fingerprint density at radius 1 is 0.846 bits per heavy atom. The fraction of sp³-hybridized carbons (Fsp3) is 0.227. The molecule has 0 saturated heterocycles. The molecule has 3 nitrogen and oxygen atoms in total. The molecule has 0 aliphatic rings. The highest BCUT2D eigenvalue weighted by Crippen LogP contribution is 2.27. The van der Waals surface area contributed by atoms with Crippen molar-refractivity contribution in [2.24, 2.45) is 9.98 Å². The van der Waals surface area contributed by atoms with Crippen molar-refractivity contribution < 1.29 is 0 Å². The van der Waals surface area contributed by atoms with Gasteiger partial charge in [0, 0.05) is 16.0 Å². The van der Waals surface area contributed by atoms with E-state index in [1.807, 2.05) is 25.1 Å².